The van der Waals surface area contributed by atoms with E-state index in [0.717, 1.165) is 72.1 Å². The van der Waals surface area contributed by atoms with Crippen LogP contribution in [0, 0.1) is 18.3 Å². The highest BCUT2D eigenvalue weighted by Gasteiger charge is 2.28. The molecule has 0 unspecified atom stereocenters. The van der Waals surface area contributed by atoms with Crippen molar-refractivity contribution in [2.45, 2.75) is 20.4 Å². The van der Waals surface area contributed by atoms with Crippen LogP contribution in [-0.4, -0.2) is 73.5 Å². The standard InChI is InChI=1S/C31H33N7O3/c1-5-39-30-23(17-32)26(22-9-6-20(2)7-10-22)27-28(33-30)34-31(36(3)4)35-29(27)38-14-12-37(13-15-38)18-21-8-11-24-25(16-21)41-19-40-24/h6-11,16H,5,12-15,18-19H2,1-4H3. The molecule has 2 aromatic carbocycles. The van der Waals surface area contributed by atoms with E-state index in [-0.39, 0.29) is 6.79 Å². The fraction of sp³-hybridized carbons (Fsp3) is 0.355. The number of hydrogen-bond acceptors (Lipinski definition) is 10. The molecule has 0 N–H and O–H groups in total. The molecule has 0 atom stereocenters. The van der Waals surface area contributed by atoms with Crippen molar-refractivity contribution in [3.63, 3.8) is 0 Å². The lowest BCUT2D eigenvalue weighted by Crippen LogP contribution is -2.46. The van der Waals surface area contributed by atoms with Crippen LogP contribution in [-0.2, 0) is 6.54 Å². The number of nitrogens with zero attached hydrogens (tertiary/aromatic N) is 7. The van der Waals surface area contributed by atoms with Gasteiger partial charge in [-0.15, -0.1) is 0 Å². The van der Waals surface area contributed by atoms with Crippen LogP contribution in [0.15, 0.2) is 42.5 Å². The molecule has 1 saturated heterocycles. The van der Waals surface area contributed by atoms with E-state index < -0.39 is 0 Å². The Morgan fingerprint density at radius 3 is 2.44 bits per heavy atom. The summed E-state index contributed by atoms with van der Waals surface area (Å²) >= 11 is 0. The molecule has 0 bridgehead atoms. The molecule has 0 aliphatic carbocycles. The lowest BCUT2D eigenvalue weighted by atomic mass is 9.96. The molecule has 1 fully saturated rings. The zero-order valence-corrected chi connectivity index (χ0v) is 23.8. The summed E-state index contributed by atoms with van der Waals surface area (Å²) in [5.74, 6) is 3.24. The first-order chi connectivity index (χ1) is 19.9. The van der Waals surface area contributed by atoms with E-state index in [9.17, 15) is 5.26 Å². The number of aromatic nitrogens is 3. The Labute approximate surface area is 239 Å². The van der Waals surface area contributed by atoms with Crippen molar-refractivity contribution in [2.24, 2.45) is 0 Å². The van der Waals surface area contributed by atoms with Gasteiger partial charge in [-0.25, -0.2) is 0 Å². The molecule has 0 amide bonds. The number of anilines is 2. The zero-order chi connectivity index (χ0) is 28.5. The highest BCUT2D eigenvalue weighted by Crippen LogP contribution is 2.40. The second kappa shape index (κ2) is 11.1. The average Bonchev–Trinajstić information content (AvgIpc) is 3.45. The molecule has 0 saturated carbocycles. The van der Waals surface area contributed by atoms with Gasteiger partial charge in [-0.3, -0.25) is 4.90 Å². The Bertz CT molecular complexity index is 1620. The number of nitriles is 1. The lowest BCUT2D eigenvalue weighted by Gasteiger charge is -2.36. The average molecular weight is 552 g/mol. The molecule has 0 radical (unpaired) electrons. The summed E-state index contributed by atoms with van der Waals surface area (Å²) in [5, 5.41) is 11.1. The highest BCUT2D eigenvalue weighted by molar-refractivity contribution is 6.04. The van der Waals surface area contributed by atoms with Crippen molar-refractivity contribution in [2.75, 3.05) is 63.5 Å². The number of ether oxygens (including phenoxy) is 3. The summed E-state index contributed by atoms with van der Waals surface area (Å²) in [6.07, 6.45) is 0. The summed E-state index contributed by atoms with van der Waals surface area (Å²) in [7, 11) is 3.84. The van der Waals surface area contributed by atoms with Gasteiger partial charge in [-0.2, -0.15) is 20.2 Å². The molecular formula is C31H33N7O3. The zero-order valence-electron chi connectivity index (χ0n) is 23.8. The van der Waals surface area contributed by atoms with E-state index >= 15 is 0 Å². The number of benzene rings is 2. The highest BCUT2D eigenvalue weighted by atomic mass is 16.7. The maximum absolute atomic E-state index is 10.3. The largest absolute Gasteiger partial charge is 0.477 e. The van der Waals surface area contributed by atoms with Crippen LogP contribution in [0.4, 0.5) is 11.8 Å². The maximum Gasteiger partial charge on any atom is 0.234 e. The number of pyridine rings is 1. The molecular weight excluding hydrogens is 518 g/mol. The summed E-state index contributed by atoms with van der Waals surface area (Å²) in [6.45, 7) is 8.68. The topological polar surface area (TPSA) is 99.9 Å². The Hall–Kier alpha value is -4.62. The van der Waals surface area contributed by atoms with Gasteiger partial charge in [0.05, 0.1) is 12.0 Å². The first kappa shape index (κ1) is 26.6. The number of rotatable bonds is 7. The van der Waals surface area contributed by atoms with Gasteiger partial charge in [0.1, 0.15) is 17.5 Å². The first-order valence-corrected chi connectivity index (χ1v) is 13.8. The second-order valence-corrected chi connectivity index (χ2v) is 10.5. The van der Waals surface area contributed by atoms with Crippen molar-refractivity contribution < 1.29 is 14.2 Å². The SMILES string of the molecule is CCOc1nc2nc(N(C)C)nc(N3CCN(Cc4ccc5c(c4)OCO5)CC3)c2c(-c2ccc(C)cc2)c1C#N. The normalized spacial score (nSPS) is 14.8. The van der Waals surface area contributed by atoms with Gasteiger partial charge in [0, 0.05) is 52.4 Å². The van der Waals surface area contributed by atoms with Crippen LogP contribution in [0.3, 0.4) is 0 Å². The third-order valence-electron chi connectivity index (χ3n) is 7.43. The van der Waals surface area contributed by atoms with Crippen molar-refractivity contribution >= 4 is 22.8 Å². The summed E-state index contributed by atoms with van der Waals surface area (Å²) in [5.41, 5.74) is 4.90. The number of aryl methyl sites for hydroxylation is 1. The number of hydrogen-bond donors (Lipinski definition) is 0. The molecule has 2 aliphatic heterocycles. The number of fused-ring (bicyclic) bond motifs is 2. The van der Waals surface area contributed by atoms with Crippen molar-refractivity contribution in [3.8, 4) is 34.6 Å². The predicted octanol–water partition coefficient (Wildman–Crippen LogP) is 4.39. The quantitative estimate of drug-likeness (QED) is 0.329. The van der Waals surface area contributed by atoms with E-state index in [1.54, 1.807) is 0 Å². The molecule has 10 nitrogen and oxygen atoms in total. The lowest BCUT2D eigenvalue weighted by molar-refractivity contribution is 0.174. The third-order valence-corrected chi connectivity index (χ3v) is 7.43. The molecule has 210 valence electrons. The third kappa shape index (κ3) is 5.16. The number of piperazine rings is 1. The molecule has 4 heterocycles. The van der Waals surface area contributed by atoms with Crippen LogP contribution >= 0.6 is 0 Å². The Kier molecular flexibility index (Phi) is 7.20. The Morgan fingerprint density at radius 2 is 1.73 bits per heavy atom. The minimum Gasteiger partial charge on any atom is -0.477 e. The smallest absolute Gasteiger partial charge is 0.234 e. The van der Waals surface area contributed by atoms with Gasteiger partial charge in [0.15, 0.2) is 17.1 Å². The Balaban J connectivity index is 1.40. The predicted molar refractivity (Wildman–Crippen MR) is 158 cm³/mol. The van der Waals surface area contributed by atoms with Crippen molar-refractivity contribution in [1.82, 2.24) is 19.9 Å². The molecule has 0 spiro atoms. The van der Waals surface area contributed by atoms with Gasteiger partial charge in [0.25, 0.3) is 0 Å². The van der Waals surface area contributed by atoms with Gasteiger partial charge in [-0.05, 0) is 37.1 Å². The molecule has 2 aliphatic rings. The van der Waals surface area contributed by atoms with E-state index in [0.29, 0.717) is 29.6 Å². The summed E-state index contributed by atoms with van der Waals surface area (Å²) in [4.78, 5) is 21.2. The first-order valence-electron chi connectivity index (χ1n) is 13.8. The second-order valence-electron chi connectivity index (χ2n) is 10.5. The van der Waals surface area contributed by atoms with E-state index in [1.807, 2.05) is 63.2 Å². The minimum absolute atomic E-state index is 0.276. The fourth-order valence-electron chi connectivity index (χ4n) is 5.31. The van der Waals surface area contributed by atoms with Crippen LogP contribution in [0.1, 0.15) is 23.6 Å². The monoisotopic (exact) mass is 551 g/mol. The van der Waals surface area contributed by atoms with Gasteiger partial charge in [0.2, 0.25) is 18.6 Å². The van der Waals surface area contributed by atoms with Crippen molar-refractivity contribution in [3.05, 3.63) is 59.2 Å². The van der Waals surface area contributed by atoms with Crippen LogP contribution in [0.2, 0.25) is 0 Å². The molecule has 2 aromatic heterocycles. The maximum atomic E-state index is 10.3. The van der Waals surface area contributed by atoms with E-state index in [4.69, 9.17) is 29.2 Å². The van der Waals surface area contributed by atoms with Crippen LogP contribution in [0.25, 0.3) is 22.2 Å². The Morgan fingerprint density at radius 1 is 0.976 bits per heavy atom. The van der Waals surface area contributed by atoms with E-state index in [1.165, 1.54) is 5.56 Å². The fourth-order valence-corrected chi connectivity index (χ4v) is 5.31. The molecule has 4 aromatic rings. The van der Waals surface area contributed by atoms with Crippen LogP contribution < -0.4 is 24.0 Å². The molecule has 6 rings (SSSR count). The molecule has 10 heteroatoms. The van der Waals surface area contributed by atoms with Crippen molar-refractivity contribution in [1.29, 1.82) is 5.26 Å². The summed E-state index contributed by atoms with van der Waals surface area (Å²) in [6, 6.07) is 16.7. The summed E-state index contributed by atoms with van der Waals surface area (Å²) < 4.78 is 16.9. The van der Waals surface area contributed by atoms with Gasteiger partial charge >= 0.3 is 0 Å². The van der Waals surface area contributed by atoms with Gasteiger partial charge in [-0.1, -0.05) is 35.9 Å². The molecule has 41 heavy (non-hydrogen) atoms. The van der Waals surface area contributed by atoms with Crippen LogP contribution in [0.5, 0.6) is 17.4 Å². The van der Waals surface area contributed by atoms with Gasteiger partial charge < -0.3 is 24.0 Å². The van der Waals surface area contributed by atoms with E-state index in [2.05, 4.69) is 28.0 Å². The minimum atomic E-state index is 0.276.